The van der Waals surface area contributed by atoms with Gasteiger partial charge in [0.2, 0.25) is 0 Å². The molecule has 2 atom stereocenters. The predicted octanol–water partition coefficient (Wildman–Crippen LogP) is 1.89. The van der Waals surface area contributed by atoms with Crippen LogP contribution in [0, 0.1) is 0 Å². The SMILES string of the molecule is CC(C)(C)n1nnnc1CN1CC2CC1CN2Cc1ccccc1. The lowest BCUT2D eigenvalue weighted by Crippen LogP contribution is -2.46. The number of nitrogens with zero attached hydrogens (tertiary/aromatic N) is 6. The molecule has 0 N–H and O–H groups in total. The molecule has 0 amide bonds. The van der Waals surface area contributed by atoms with Gasteiger partial charge in [-0.05, 0) is 43.2 Å². The highest BCUT2D eigenvalue weighted by molar-refractivity contribution is 5.15. The normalized spacial score (nSPS) is 24.8. The summed E-state index contributed by atoms with van der Waals surface area (Å²) in [4.78, 5) is 5.18. The summed E-state index contributed by atoms with van der Waals surface area (Å²) in [6, 6.07) is 12.1. The van der Waals surface area contributed by atoms with E-state index in [2.05, 4.69) is 76.4 Å². The van der Waals surface area contributed by atoms with E-state index in [9.17, 15) is 0 Å². The van der Waals surface area contributed by atoms with Crippen LogP contribution in [0.4, 0.5) is 0 Å². The van der Waals surface area contributed by atoms with Crippen LogP contribution in [0.5, 0.6) is 0 Å². The Hall–Kier alpha value is -1.79. The first-order valence-corrected chi connectivity index (χ1v) is 8.80. The molecule has 4 rings (SSSR count). The van der Waals surface area contributed by atoms with Gasteiger partial charge in [0.05, 0.1) is 12.1 Å². The molecule has 0 spiro atoms. The zero-order valence-corrected chi connectivity index (χ0v) is 14.8. The summed E-state index contributed by atoms with van der Waals surface area (Å²) in [5.74, 6) is 0.977. The van der Waals surface area contributed by atoms with Crippen molar-refractivity contribution >= 4 is 0 Å². The fourth-order valence-electron chi connectivity index (χ4n) is 4.04. The Labute approximate surface area is 143 Å². The van der Waals surface area contributed by atoms with Crippen molar-refractivity contribution in [2.75, 3.05) is 13.1 Å². The first-order chi connectivity index (χ1) is 11.5. The molecule has 6 heteroatoms. The van der Waals surface area contributed by atoms with Crippen LogP contribution < -0.4 is 0 Å². The minimum Gasteiger partial charge on any atom is -0.293 e. The van der Waals surface area contributed by atoms with E-state index in [1.807, 2.05) is 4.68 Å². The predicted molar refractivity (Wildman–Crippen MR) is 92.3 cm³/mol. The second kappa shape index (κ2) is 5.93. The molecule has 2 fully saturated rings. The second-order valence-electron chi connectivity index (χ2n) is 8.07. The number of aromatic nitrogens is 4. The topological polar surface area (TPSA) is 50.1 Å². The monoisotopic (exact) mass is 326 g/mol. The zero-order valence-electron chi connectivity index (χ0n) is 14.8. The Morgan fingerprint density at radius 2 is 1.67 bits per heavy atom. The minimum absolute atomic E-state index is 0.0725. The van der Waals surface area contributed by atoms with Gasteiger partial charge in [-0.2, -0.15) is 0 Å². The van der Waals surface area contributed by atoms with Gasteiger partial charge in [-0.15, -0.1) is 5.10 Å². The number of benzene rings is 1. The van der Waals surface area contributed by atoms with Crippen LogP contribution in [0.3, 0.4) is 0 Å². The van der Waals surface area contributed by atoms with Gasteiger partial charge in [0.1, 0.15) is 0 Å². The van der Waals surface area contributed by atoms with Gasteiger partial charge in [0.15, 0.2) is 5.82 Å². The highest BCUT2D eigenvalue weighted by Gasteiger charge is 2.43. The molecule has 2 unspecified atom stereocenters. The summed E-state index contributed by atoms with van der Waals surface area (Å²) < 4.78 is 1.96. The van der Waals surface area contributed by atoms with Crippen molar-refractivity contribution in [1.82, 2.24) is 30.0 Å². The van der Waals surface area contributed by atoms with E-state index in [1.54, 1.807) is 0 Å². The molecule has 2 aliphatic rings. The molecule has 2 bridgehead atoms. The van der Waals surface area contributed by atoms with Crippen molar-refractivity contribution in [2.24, 2.45) is 0 Å². The fourth-order valence-corrected chi connectivity index (χ4v) is 4.04. The molecule has 2 saturated heterocycles. The molecule has 128 valence electrons. The first kappa shape index (κ1) is 15.7. The average Bonchev–Trinajstić information content (AvgIpc) is 3.23. The van der Waals surface area contributed by atoms with E-state index in [0.717, 1.165) is 32.0 Å². The minimum atomic E-state index is -0.0725. The van der Waals surface area contributed by atoms with Gasteiger partial charge in [-0.1, -0.05) is 30.3 Å². The summed E-state index contributed by atoms with van der Waals surface area (Å²) in [6.07, 6.45) is 1.27. The molecule has 1 aromatic heterocycles. The van der Waals surface area contributed by atoms with Crippen molar-refractivity contribution in [3.8, 4) is 0 Å². The Morgan fingerprint density at radius 3 is 2.29 bits per heavy atom. The van der Waals surface area contributed by atoms with Crippen LogP contribution in [0.1, 0.15) is 38.6 Å². The summed E-state index contributed by atoms with van der Waals surface area (Å²) in [7, 11) is 0. The summed E-state index contributed by atoms with van der Waals surface area (Å²) in [6.45, 7) is 10.6. The Bertz CT molecular complexity index is 689. The standard InChI is InChI=1S/C18H26N6/c1-18(2,3)24-17(19-20-21-24)13-23-12-15-9-16(23)11-22(15)10-14-7-5-4-6-8-14/h4-8,15-16H,9-13H2,1-3H3. The van der Waals surface area contributed by atoms with Crippen molar-refractivity contribution < 1.29 is 0 Å². The van der Waals surface area contributed by atoms with Crippen molar-refractivity contribution in [1.29, 1.82) is 0 Å². The quantitative estimate of drug-likeness (QED) is 0.859. The van der Waals surface area contributed by atoms with Gasteiger partial charge in [0.25, 0.3) is 0 Å². The molecule has 2 aliphatic heterocycles. The van der Waals surface area contributed by atoms with E-state index in [4.69, 9.17) is 0 Å². The largest absolute Gasteiger partial charge is 0.293 e. The molecule has 24 heavy (non-hydrogen) atoms. The number of hydrogen-bond donors (Lipinski definition) is 0. The lowest BCUT2D eigenvalue weighted by atomic mass is 10.1. The number of tetrazole rings is 1. The molecule has 0 radical (unpaired) electrons. The van der Waals surface area contributed by atoms with Gasteiger partial charge in [-0.3, -0.25) is 9.80 Å². The van der Waals surface area contributed by atoms with E-state index in [0.29, 0.717) is 12.1 Å². The Kier molecular flexibility index (Phi) is 3.89. The van der Waals surface area contributed by atoms with Crippen molar-refractivity contribution in [3.05, 3.63) is 41.7 Å². The van der Waals surface area contributed by atoms with Crippen molar-refractivity contribution in [2.45, 2.75) is 57.9 Å². The van der Waals surface area contributed by atoms with Gasteiger partial charge in [0, 0.05) is 31.7 Å². The molecule has 3 heterocycles. The number of likely N-dealkylation sites (tertiary alicyclic amines) is 2. The molecular formula is C18H26N6. The Balaban J connectivity index is 1.40. The fraction of sp³-hybridized carbons (Fsp3) is 0.611. The van der Waals surface area contributed by atoms with Crippen LogP contribution >= 0.6 is 0 Å². The highest BCUT2D eigenvalue weighted by atomic mass is 15.6. The maximum atomic E-state index is 4.26. The van der Waals surface area contributed by atoms with E-state index >= 15 is 0 Å². The van der Waals surface area contributed by atoms with Crippen LogP contribution in [0.2, 0.25) is 0 Å². The molecule has 0 aliphatic carbocycles. The third-order valence-electron chi connectivity index (χ3n) is 5.21. The number of hydrogen-bond acceptors (Lipinski definition) is 5. The van der Waals surface area contributed by atoms with Crippen LogP contribution in [-0.4, -0.2) is 55.2 Å². The van der Waals surface area contributed by atoms with Gasteiger partial charge >= 0.3 is 0 Å². The third-order valence-corrected chi connectivity index (χ3v) is 5.21. The summed E-state index contributed by atoms with van der Waals surface area (Å²) in [5, 5.41) is 12.3. The first-order valence-electron chi connectivity index (χ1n) is 8.80. The zero-order chi connectivity index (χ0) is 16.7. The molecule has 6 nitrogen and oxygen atoms in total. The summed E-state index contributed by atoms with van der Waals surface area (Å²) in [5.41, 5.74) is 1.34. The molecular weight excluding hydrogens is 300 g/mol. The summed E-state index contributed by atoms with van der Waals surface area (Å²) >= 11 is 0. The maximum Gasteiger partial charge on any atom is 0.165 e. The smallest absolute Gasteiger partial charge is 0.165 e. The van der Waals surface area contributed by atoms with Crippen LogP contribution in [0.15, 0.2) is 30.3 Å². The Morgan fingerprint density at radius 1 is 1.00 bits per heavy atom. The third kappa shape index (κ3) is 2.96. The average molecular weight is 326 g/mol. The van der Waals surface area contributed by atoms with Gasteiger partial charge in [-0.25, -0.2) is 4.68 Å². The maximum absolute atomic E-state index is 4.26. The lowest BCUT2D eigenvalue weighted by Gasteiger charge is -2.34. The highest BCUT2D eigenvalue weighted by Crippen LogP contribution is 2.32. The molecule has 0 saturated carbocycles. The molecule has 2 aromatic rings. The number of fused-ring (bicyclic) bond motifs is 2. The second-order valence-corrected chi connectivity index (χ2v) is 8.07. The molecule has 1 aromatic carbocycles. The van der Waals surface area contributed by atoms with E-state index < -0.39 is 0 Å². The lowest BCUT2D eigenvalue weighted by molar-refractivity contribution is 0.112. The number of rotatable bonds is 4. The van der Waals surface area contributed by atoms with Crippen molar-refractivity contribution in [3.63, 3.8) is 0 Å². The van der Waals surface area contributed by atoms with E-state index in [1.165, 1.54) is 12.0 Å². The van der Waals surface area contributed by atoms with E-state index in [-0.39, 0.29) is 5.54 Å². The van der Waals surface area contributed by atoms with Crippen LogP contribution in [0.25, 0.3) is 0 Å². The van der Waals surface area contributed by atoms with Crippen LogP contribution in [-0.2, 0) is 18.6 Å². The number of piperazine rings is 1. The van der Waals surface area contributed by atoms with Gasteiger partial charge < -0.3 is 0 Å².